The number of carboxylic acid groups (broad SMARTS) is 1. The number of carboxylic acids is 1. The van der Waals surface area contributed by atoms with Crippen molar-refractivity contribution in [2.24, 2.45) is 0 Å². The van der Waals surface area contributed by atoms with E-state index in [1.165, 1.54) is 28.8 Å². The van der Waals surface area contributed by atoms with E-state index in [9.17, 15) is 9.59 Å². The summed E-state index contributed by atoms with van der Waals surface area (Å²) < 4.78 is 1.25. The van der Waals surface area contributed by atoms with E-state index in [4.69, 9.17) is 5.11 Å². The average Bonchev–Trinajstić information content (AvgIpc) is 2.85. The lowest BCUT2D eigenvalue weighted by molar-refractivity contribution is -0.137. The Morgan fingerprint density at radius 1 is 1.40 bits per heavy atom. The Balaban J connectivity index is 2.11. The standard InChI is InChI=1S/C13H13N3O3S/c1-20-11-5-3-2-4-10(11)13(19)15-9-6-14-16(7-9)8-12(17)18/h2-7H,8H2,1H3,(H,15,19)(H,17,18). The summed E-state index contributed by atoms with van der Waals surface area (Å²) in [4.78, 5) is 23.6. The van der Waals surface area contributed by atoms with Gasteiger partial charge >= 0.3 is 5.97 Å². The van der Waals surface area contributed by atoms with E-state index in [-0.39, 0.29) is 12.5 Å². The predicted octanol–water partition coefficient (Wildman–Crippen LogP) is 1.94. The van der Waals surface area contributed by atoms with Crippen LogP contribution >= 0.6 is 11.8 Å². The zero-order valence-electron chi connectivity index (χ0n) is 10.7. The number of aliphatic carboxylic acids is 1. The second-order valence-electron chi connectivity index (χ2n) is 3.97. The Kier molecular flexibility index (Phi) is 4.41. The van der Waals surface area contributed by atoms with Gasteiger partial charge in [-0.3, -0.25) is 14.3 Å². The van der Waals surface area contributed by atoms with E-state index in [1.54, 1.807) is 12.1 Å². The summed E-state index contributed by atoms with van der Waals surface area (Å²) in [6.07, 6.45) is 4.80. The molecule has 7 heteroatoms. The van der Waals surface area contributed by atoms with E-state index in [2.05, 4.69) is 10.4 Å². The maximum atomic E-state index is 12.1. The molecular formula is C13H13N3O3S. The van der Waals surface area contributed by atoms with Gasteiger partial charge in [-0.25, -0.2) is 0 Å². The quantitative estimate of drug-likeness (QED) is 0.822. The molecule has 104 valence electrons. The van der Waals surface area contributed by atoms with Crippen LogP contribution < -0.4 is 5.32 Å². The maximum Gasteiger partial charge on any atom is 0.325 e. The molecule has 0 saturated heterocycles. The van der Waals surface area contributed by atoms with Crippen molar-refractivity contribution in [2.45, 2.75) is 11.4 Å². The number of carbonyl (C=O) groups excluding carboxylic acids is 1. The van der Waals surface area contributed by atoms with Crippen LogP contribution in [-0.2, 0) is 11.3 Å². The number of aromatic nitrogens is 2. The summed E-state index contributed by atoms with van der Waals surface area (Å²) in [6, 6.07) is 7.27. The molecule has 1 aromatic heterocycles. The van der Waals surface area contributed by atoms with Gasteiger partial charge in [-0.05, 0) is 18.4 Å². The predicted molar refractivity (Wildman–Crippen MR) is 76.0 cm³/mol. The van der Waals surface area contributed by atoms with Crippen LogP contribution in [-0.4, -0.2) is 33.0 Å². The van der Waals surface area contributed by atoms with Crippen molar-refractivity contribution in [3.8, 4) is 0 Å². The lowest BCUT2D eigenvalue weighted by Gasteiger charge is -2.06. The van der Waals surface area contributed by atoms with Crippen LogP contribution in [0.4, 0.5) is 5.69 Å². The van der Waals surface area contributed by atoms with Gasteiger partial charge in [0, 0.05) is 11.1 Å². The Bertz CT molecular complexity index is 639. The summed E-state index contributed by atoms with van der Waals surface area (Å²) in [5.41, 5.74) is 1.04. The van der Waals surface area contributed by atoms with Crippen molar-refractivity contribution < 1.29 is 14.7 Å². The number of nitrogens with one attached hydrogen (secondary N) is 1. The van der Waals surface area contributed by atoms with Gasteiger partial charge in [0.15, 0.2) is 0 Å². The molecule has 1 amide bonds. The first-order valence-electron chi connectivity index (χ1n) is 5.79. The number of nitrogens with zero attached hydrogens (tertiary/aromatic N) is 2. The topological polar surface area (TPSA) is 84.2 Å². The van der Waals surface area contributed by atoms with Gasteiger partial charge in [0.25, 0.3) is 5.91 Å². The van der Waals surface area contributed by atoms with Gasteiger partial charge in [-0.15, -0.1) is 11.8 Å². The minimum atomic E-state index is -0.987. The molecule has 0 saturated carbocycles. The van der Waals surface area contributed by atoms with E-state index in [1.807, 2.05) is 18.4 Å². The molecule has 0 aliphatic carbocycles. The third-order valence-electron chi connectivity index (χ3n) is 2.54. The van der Waals surface area contributed by atoms with Crippen molar-refractivity contribution in [3.63, 3.8) is 0 Å². The van der Waals surface area contributed by atoms with Gasteiger partial charge in [0.2, 0.25) is 0 Å². The van der Waals surface area contributed by atoms with Gasteiger partial charge in [0.1, 0.15) is 6.54 Å². The highest BCUT2D eigenvalue weighted by molar-refractivity contribution is 7.98. The van der Waals surface area contributed by atoms with Crippen LogP contribution in [0.5, 0.6) is 0 Å². The molecule has 0 unspecified atom stereocenters. The lowest BCUT2D eigenvalue weighted by atomic mass is 10.2. The van der Waals surface area contributed by atoms with E-state index < -0.39 is 5.97 Å². The van der Waals surface area contributed by atoms with Crippen LogP contribution in [0.3, 0.4) is 0 Å². The van der Waals surface area contributed by atoms with Gasteiger partial charge in [0.05, 0.1) is 17.4 Å². The summed E-state index contributed by atoms with van der Waals surface area (Å²) >= 11 is 1.49. The SMILES string of the molecule is CSc1ccccc1C(=O)Nc1cnn(CC(=O)O)c1. The summed E-state index contributed by atoms with van der Waals surface area (Å²) in [7, 11) is 0. The molecule has 1 aromatic carbocycles. The van der Waals surface area contributed by atoms with Crippen LogP contribution in [0.2, 0.25) is 0 Å². The monoisotopic (exact) mass is 291 g/mol. The van der Waals surface area contributed by atoms with Gasteiger partial charge in [-0.1, -0.05) is 12.1 Å². The molecular weight excluding hydrogens is 278 g/mol. The molecule has 0 spiro atoms. The normalized spacial score (nSPS) is 10.2. The Hall–Kier alpha value is -2.28. The third kappa shape index (κ3) is 3.39. The maximum absolute atomic E-state index is 12.1. The first-order chi connectivity index (χ1) is 9.60. The van der Waals surface area contributed by atoms with Crippen LogP contribution in [0.15, 0.2) is 41.6 Å². The van der Waals surface area contributed by atoms with Crippen molar-refractivity contribution in [3.05, 3.63) is 42.2 Å². The number of hydrogen-bond acceptors (Lipinski definition) is 4. The number of carbonyl (C=O) groups is 2. The Labute approximate surface area is 119 Å². The molecule has 6 nitrogen and oxygen atoms in total. The minimum Gasteiger partial charge on any atom is -0.480 e. The Morgan fingerprint density at radius 3 is 2.85 bits per heavy atom. The molecule has 1 heterocycles. The average molecular weight is 291 g/mol. The van der Waals surface area contributed by atoms with Crippen molar-refractivity contribution in [2.75, 3.05) is 11.6 Å². The fourth-order valence-corrected chi connectivity index (χ4v) is 2.28. The van der Waals surface area contributed by atoms with Crippen LogP contribution in [0, 0.1) is 0 Å². The van der Waals surface area contributed by atoms with Crippen molar-refractivity contribution >= 4 is 29.3 Å². The summed E-state index contributed by atoms with van der Waals surface area (Å²) in [6.45, 7) is -0.239. The van der Waals surface area contributed by atoms with Crippen molar-refractivity contribution in [1.29, 1.82) is 0 Å². The molecule has 0 bridgehead atoms. The fraction of sp³-hybridized carbons (Fsp3) is 0.154. The number of anilines is 1. The molecule has 20 heavy (non-hydrogen) atoms. The van der Waals surface area contributed by atoms with Crippen LogP contribution in [0.25, 0.3) is 0 Å². The zero-order valence-corrected chi connectivity index (χ0v) is 11.6. The second-order valence-corrected chi connectivity index (χ2v) is 4.82. The van der Waals surface area contributed by atoms with Crippen molar-refractivity contribution in [1.82, 2.24) is 9.78 Å². The molecule has 0 atom stereocenters. The number of rotatable bonds is 5. The fourth-order valence-electron chi connectivity index (χ4n) is 1.68. The minimum absolute atomic E-state index is 0.239. The van der Waals surface area contributed by atoms with Gasteiger partial charge in [-0.2, -0.15) is 5.10 Å². The van der Waals surface area contributed by atoms with E-state index in [0.717, 1.165) is 4.90 Å². The molecule has 2 aromatic rings. The molecule has 0 fully saturated rings. The van der Waals surface area contributed by atoms with E-state index in [0.29, 0.717) is 11.3 Å². The van der Waals surface area contributed by atoms with Crippen LogP contribution in [0.1, 0.15) is 10.4 Å². The number of thioether (sulfide) groups is 1. The van der Waals surface area contributed by atoms with E-state index >= 15 is 0 Å². The molecule has 2 rings (SSSR count). The molecule has 2 N–H and O–H groups in total. The molecule has 0 aliphatic rings. The highest BCUT2D eigenvalue weighted by Gasteiger charge is 2.11. The Morgan fingerprint density at radius 2 is 2.15 bits per heavy atom. The van der Waals surface area contributed by atoms with Gasteiger partial charge < -0.3 is 10.4 Å². The highest BCUT2D eigenvalue weighted by atomic mass is 32.2. The largest absolute Gasteiger partial charge is 0.480 e. The lowest BCUT2D eigenvalue weighted by Crippen LogP contribution is -2.12. The molecule has 0 aliphatic heterocycles. The smallest absolute Gasteiger partial charge is 0.325 e. The number of amides is 1. The summed E-state index contributed by atoms with van der Waals surface area (Å²) in [5, 5.41) is 15.2. The summed E-state index contributed by atoms with van der Waals surface area (Å²) in [5.74, 6) is -1.23. The first-order valence-corrected chi connectivity index (χ1v) is 7.01. The molecule has 0 radical (unpaired) electrons. The zero-order chi connectivity index (χ0) is 14.5. The number of benzene rings is 1. The highest BCUT2D eigenvalue weighted by Crippen LogP contribution is 2.20. The third-order valence-corrected chi connectivity index (χ3v) is 3.34. The number of hydrogen-bond donors (Lipinski definition) is 2. The first kappa shape index (κ1) is 14.1. The second kappa shape index (κ2) is 6.25.